The summed E-state index contributed by atoms with van der Waals surface area (Å²) in [6.45, 7) is 0. The first-order chi connectivity index (χ1) is 12.3. The molecular formula is C16H16BClN2O6. The van der Waals surface area contributed by atoms with Crippen molar-refractivity contribution in [3.63, 3.8) is 0 Å². The molecule has 1 unspecified atom stereocenters. The van der Waals surface area contributed by atoms with Crippen molar-refractivity contribution in [3.8, 4) is 5.75 Å². The van der Waals surface area contributed by atoms with Crippen LogP contribution in [-0.2, 0) is 17.6 Å². The number of benzene rings is 1. The van der Waals surface area contributed by atoms with Crippen LogP contribution in [0, 0.1) is 0 Å². The monoisotopic (exact) mass is 378 g/mol. The van der Waals surface area contributed by atoms with Crippen molar-refractivity contribution in [3.05, 3.63) is 58.4 Å². The van der Waals surface area contributed by atoms with Crippen LogP contribution < -0.4 is 5.32 Å². The molecule has 0 spiro atoms. The molecule has 0 aliphatic heterocycles. The molecule has 136 valence electrons. The fraction of sp³-hybridized carbons (Fsp3) is 0.188. The normalized spacial score (nSPS) is 11.7. The van der Waals surface area contributed by atoms with E-state index in [0.29, 0.717) is 5.56 Å². The SMILES string of the molecule is O=C(Cc1ccnc(Cl)c1)NC(Cc1cccc(C(=O)O)c1O)B(O)O. The molecule has 1 atom stereocenters. The second-order valence-electron chi connectivity index (χ2n) is 5.57. The van der Waals surface area contributed by atoms with E-state index >= 15 is 0 Å². The van der Waals surface area contributed by atoms with Gasteiger partial charge in [-0.05, 0) is 35.7 Å². The van der Waals surface area contributed by atoms with Crippen molar-refractivity contribution in [1.29, 1.82) is 0 Å². The summed E-state index contributed by atoms with van der Waals surface area (Å²) < 4.78 is 0. The topological polar surface area (TPSA) is 140 Å². The first-order valence-corrected chi connectivity index (χ1v) is 7.95. The minimum atomic E-state index is -1.91. The fourth-order valence-electron chi connectivity index (χ4n) is 2.39. The number of nitrogens with zero attached hydrogens (tertiary/aromatic N) is 1. The number of hydrogen-bond acceptors (Lipinski definition) is 6. The number of aromatic nitrogens is 1. The Morgan fingerprint density at radius 1 is 1.27 bits per heavy atom. The standard InChI is InChI=1S/C16H16BClN2O6/c18-13-6-9(4-5-19-13)7-14(21)20-12(17(25)26)8-10-2-1-3-11(15(10)22)16(23)24/h1-6,12,22,25-26H,7-8H2,(H,20,21)(H,23,24). The molecule has 10 heteroatoms. The van der Waals surface area contributed by atoms with Crippen LogP contribution in [0.1, 0.15) is 21.5 Å². The highest BCUT2D eigenvalue weighted by Crippen LogP contribution is 2.24. The van der Waals surface area contributed by atoms with E-state index in [9.17, 15) is 24.7 Å². The van der Waals surface area contributed by atoms with E-state index < -0.39 is 30.7 Å². The zero-order valence-corrected chi connectivity index (χ0v) is 14.2. The van der Waals surface area contributed by atoms with Crippen LogP contribution in [0.15, 0.2) is 36.5 Å². The molecule has 5 N–H and O–H groups in total. The average molecular weight is 379 g/mol. The molecule has 26 heavy (non-hydrogen) atoms. The van der Waals surface area contributed by atoms with Gasteiger partial charge >= 0.3 is 13.1 Å². The predicted molar refractivity (Wildman–Crippen MR) is 93.8 cm³/mol. The number of carboxylic acids is 1. The number of amides is 1. The van der Waals surface area contributed by atoms with Crippen LogP contribution in [0.3, 0.4) is 0 Å². The third kappa shape index (κ3) is 5.19. The summed E-state index contributed by atoms with van der Waals surface area (Å²) >= 11 is 5.75. The highest BCUT2D eigenvalue weighted by atomic mass is 35.5. The van der Waals surface area contributed by atoms with Gasteiger partial charge in [0.15, 0.2) is 0 Å². The molecule has 8 nitrogen and oxygen atoms in total. The number of aromatic carboxylic acids is 1. The molecule has 1 aromatic carbocycles. The van der Waals surface area contributed by atoms with Crippen molar-refractivity contribution < 1.29 is 29.9 Å². The Bertz CT molecular complexity index is 817. The van der Waals surface area contributed by atoms with Gasteiger partial charge in [-0.2, -0.15) is 0 Å². The third-order valence-electron chi connectivity index (χ3n) is 3.65. The molecule has 2 rings (SSSR count). The highest BCUT2D eigenvalue weighted by Gasteiger charge is 2.27. The Balaban J connectivity index is 2.11. The predicted octanol–water partition coefficient (Wildman–Crippen LogP) is 0.421. The lowest BCUT2D eigenvalue weighted by Gasteiger charge is -2.19. The van der Waals surface area contributed by atoms with Gasteiger partial charge in [-0.3, -0.25) is 4.79 Å². The Morgan fingerprint density at radius 2 is 2.00 bits per heavy atom. The number of para-hydroxylation sites is 1. The van der Waals surface area contributed by atoms with Crippen LogP contribution in [0.4, 0.5) is 0 Å². The van der Waals surface area contributed by atoms with Crippen LogP contribution in [-0.4, -0.2) is 50.2 Å². The average Bonchev–Trinajstić information content (AvgIpc) is 2.55. The number of halogens is 1. The molecule has 1 heterocycles. The molecule has 2 aromatic rings. The minimum absolute atomic E-state index is 0.0629. The number of carboxylic acid groups (broad SMARTS) is 1. The summed E-state index contributed by atoms with van der Waals surface area (Å²) in [6.07, 6.45) is 1.21. The second kappa shape index (κ2) is 8.66. The van der Waals surface area contributed by atoms with E-state index in [0.717, 1.165) is 0 Å². The van der Waals surface area contributed by atoms with Gasteiger partial charge in [-0.15, -0.1) is 0 Å². The molecule has 1 amide bonds. The second-order valence-corrected chi connectivity index (χ2v) is 5.96. The molecule has 0 radical (unpaired) electrons. The molecule has 0 bridgehead atoms. The smallest absolute Gasteiger partial charge is 0.475 e. The van der Waals surface area contributed by atoms with Gasteiger partial charge in [0.1, 0.15) is 16.5 Å². The van der Waals surface area contributed by atoms with Crippen LogP contribution in [0.5, 0.6) is 5.75 Å². The number of hydrogen-bond donors (Lipinski definition) is 5. The first kappa shape index (κ1) is 19.7. The minimum Gasteiger partial charge on any atom is -0.507 e. The molecule has 0 saturated heterocycles. The van der Waals surface area contributed by atoms with E-state index in [-0.39, 0.29) is 29.1 Å². The zero-order chi connectivity index (χ0) is 19.3. The Morgan fingerprint density at radius 3 is 2.62 bits per heavy atom. The van der Waals surface area contributed by atoms with Gasteiger partial charge in [-0.1, -0.05) is 23.7 Å². The Kier molecular flexibility index (Phi) is 6.56. The number of phenols is 1. The summed E-state index contributed by atoms with van der Waals surface area (Å²) in [5, 5.41) is 40.7. The van der Waals surface area contributed by atoms with Crippen molar-refractivity contribution in [1.82, 2.24) is 10.3 Å². The lowest BCUT2D eigenvalue weighted by Crippen LogP contribution is -2.48. The van der Waals surface area contributed by atoms with E-state index in [1.54, 1.807) is 6.07 Å². The van der Waals surface area contributed by atoms with Crippen LogP contribution >= 0.6 is 11.6 Å². The van der Waals surface area contributed by atoms with E-state index in [2.05, 4.69) is 10.3 Å². The van der Waals surface area contributed by atoms with Crippen molar-refractivity contribution >= 4 is 30.6 Å². The quantitative estimate of drug-likeness (QED) is 0.347. The van der Waals surface area contributed by atoms with Crippen molar-refractivity contribution in [2.24, 2.45) is 0 Å². The first-order valence-electron chi connectivity index (χ1n) is 7.58. The van der Waals surface area contributed by atoms with Gasteiger partial charge < -0.3 is 25.6 Å². The molecule has 0 aliphatic carbocycles. The van der Waals surface area contributed by atoms with Crippen molar-refractivity contribution in [2.45, 2.75) is 18.8 Å². The number of aromatic hydroxyl groups is 1. The largest absolute Gasteiger partial charge is 0.507 e. The highest BCUT2D eigenvalue weighted by molar-refractivity contribution is 6.43. The number of carbonyl (C=O) groups is 2. The lowest BCUT2D eigenvalue weighted by molar-refractivity contribution is -0.120. The van der Waals surface area contributed by atoms with Gasteiger partial charge in [0.05, 0.1) is 12.4 Å². The number of rotatable bonds is 7. The van der Waals surface area contributed by atoms with Crippen LogP contribution in [0.2, 0.25) is 5.15 Å². The Hall–Kier alpha value is -2.62. The Labute approximate surface area is 154 Å². The fourth-order valence-corrected chi connectivity index (χ4v) is 2.59. The summed E-state index contributed by atoms with van der Waals surface area (Å²) in [5.74, 6) is -3.45. The molecular weight excluding hydrogens is 362 g/mol. The number of pyridine rings is 1. The molecule has 0 fully saturated rings. The summed E-state index contributed by atoms with van der Waals surface area (Å²) in [5.41, 5.74) is 0.436. The summed E-state index contributed by atoms with van der Waals surface area (Å²) in [7, 11) is -1.91. The van der Waals surface area contributed by atoms with Gasteiger partial charge in [0.2, 0.25) is 5.91 Å². The zero-order valence-electron chi connectivity index (χ0n) is 13.5. The van der Waals surface area contributed by atoms with E-state index in [4.69, 9.17) is 16.7 Å². The molecule has 1 aromatic heterocycles. The molecule has 0 saturated carbocycles. The maximum Gasteiger partial charge on any atom is 0.475 e. The van der Waals surface area contributed by atoms with E-state index in [1.165, 1.54) is 30.5 Å². The number of carbonyl (C=O) groups excluding carboxylic acids is 1. The summed E-state index contributed by atoms with van der Waals surface area (Å²) in [6, 6.07) is 7.18. The number of nitrogens with one attached hydrogen (secondary N) is 1. The van der Waals surface area contributed by atoms with Crippen LogP contribution in [0.25, 0.3) is 0 Å². The van der Waals surface area contributed by atoms with Gasteiger partial charge in [-0.25, -0.2) is 9.78 Å². The summed E-state index contributed by atoms with van der Waals surface area (Å²) in [4.78, 5) is 27.0. The maximum absolute atomic E-state index is 12.1. The van der Waals surface area contributed by atoms with Gasteiger partial charge in [0.25, 0.3) is 0 Å². The van der Waals surface area contributed by atoms with Crippen molar-refractivity contribution in [2.75, 3.05) is 0 Å². The maximum atomic E-state index is 12.1. The molecule has 0 aliphatic rings. The lowest BCUT2D eigenvalue weighted by atomic mass is 9.75. The van der Waals surface area contributed by atoms with Gasteiger partial charge in [0, 0.05) is 6.20 Å². The van der Waals surface area contributed by atoms with E-state index in [1.807, 2.05) is 0 Å². The third-order valence-corrected chi connectivity index (χ3v) is 3.86.